The monoisotopic (exact) mass is 856 g/mol. The molecule has 4 aliphatic heterocycles. The number of nitrogens with one attached hydrogen (secondary N) is 1. The highest BCUT2D eigenvalue weighted by Crippen LogP contribution is 2.60. The number of carbonyl (C=O) groups excluding carboxylic acids is 2. The van der Waals surface area contributed by atoms with Gasteiger partial charge in [0.25, 0.3) is 0 Å². The van der Waals surface area contributed by atoms with Crippen LogP contribution in [-0.4, -0.2) is 85.5 Å². The Hall–Kier alpha value is -5.13. The van der Waals surface area contributed by atoms with Crippen LogP contribution in [0.25, 0.3) is 27.6 Å². The molecule has 4 saturated heterocycles. The van der Waals surface area contributed by atoms with Gasteiger partial charge in [0.2, 0.25) is 18.0 Å². The van der Waals surface area contributed by atoms with E-state index in [0.717, 1.165) is 35.9 Å². The smallest absolute Gasteiger partial charge is 0.362 e. The van der Waals surface area contributed by atoms with Crippen molar-refractivity contribution >= 4 is 51.0 Å². The van der Waals surface area contributed by atoms with Crippen molar-refractivity contribution in [2.24, 2.45) is 23.7 Å². The Bertz CT molecular complexity index is 2520. The fourth-order valence-electron chi connectivity index (χ4n) is 9.75. The summed E-state index contributed by atoms with van der Waals surface area (Å²) in [5, 5.41) is 23.7. The predicted molar refractivity (Wildman–Crippen MR) is 221 cm³/mol. The first-order valence-electron chi connectivity index (χ1n) is 21.0. The van der Waals surface area contributed by atoms with E-state index in [1.54, 1.807) is 41.6 Å². The van der Waals surface area contributed by atoms with E-state index < -0.39 is 35.6 Å². The molecular weight excluding hydrogens is 808 g/mol. The lowest BCUT2D eigenvalue weighted by Crippen LogP contribution is -2.70. The van der Waals surface area contributed by atoms with Gasteiger partial charge in [-0.05, 0) is 93.3 Å². The molecule has 7 heterocycles. The number of aryl methyl sites for hydroxylation is 1. The molecule has 0 radical (unpaired) electrons. The maximum Gasteiger partial charge on any atom is 0.362 e. The number of fused-ring (bicyclic) bond motifs is 4. The Morgan fingerprint density at radius 3 is 2.79 bits per heavy atom. The fourth-order valence-corrected chi connectivity index (χ4v) is 9.92. The van der Waals surface area contributed by atoms with Gasteiger partial charge in [0.15, 0.2) is 17.6 Å². The summed E-state index contributed by atoms with van der Waals surface area (Å²) in [5.41, 5.74) is 1.23. The molecule has 1 unspecified atom stereocenters. The van der Waals surface area contributed by atoms with Gasteiger partial charge in [-0.3, -0.25) is 14.6 Å². The zero-order chi connectivity index (χ0) is 42.5. The van der Waals surface area contributed by atoms with Crippen LogP contribution in [-0.2, 0) is 40.0 Å². The Kier molecular flexibility index (Phi) is 11.2. The molecule has 17 heteroatoms. The number of aromatic nitrogens is 4. The third-order valence-electron chi connectivity index (χ3n) is 13.0. The van der Waals surface area contributed by atoms with E-state index in [4.69, 9.17) is 40.0 Å². The third-order valence-corrected chi connectivity index (χ3v) is 13.2. The summed E-state index contributed by atoms with van der Waals surface area (Å²) < 4.78 is 25.6. The zero-order valence-corrected chi connectivity index (χ0v) is 35.0. The number of pyridine rings is 1. The summed E-state index contributed by atoms with van der Waals surface area (Å²) in [6.45, 7) is 7.25. The lowest BCUT2D eigenvalue weighted by atomic mass is 9.58. The summed E-state index contributed by atoms with van der Waals surface area (Å²) in [4.78, 5) is 58.4. The van der Waals surface area contributed by atoms with Crippen LogP contribution in [0.2, 0.25) is 5.02 Å². The minimum absolute atomic E-state index is 0.00560. The van der Waals surface area contributed by atoms with Crippen molar-refractivity contribution in [2.75, 3.05) is 25.0 Å². The Morgan fingerprint density at radius 1 is 1.05 bits per heavy atom. The van der Waals surface area contributed by atoms with E-state index in [1.165, 1.54) is 16.8 Å². The van der Waals surface area contributed by atoms with Gasteiger partial charge in [0.1, 0.15) is 11.3 Å². The Balaban J connectivity index is 0.849. The SMILES string of the molecule is C[C@H]1[C@H](OC(=O)CCC(=O)N(CCCc2cn(-c3cc4ccc(O)cc4oc3=O)nn2)CCNc2ccnc3cc(Cl)ccc23)O[C@@H]2OC3(C)CC[C@H]4[C@H](C)CC[C@@H]1[C@@]24OO3. The molecule has 1 spiro atoms. The number of ether oxygens (including phenoxy) is 3. The van der Waals surface area contributed by atoms with Crippen LogP contribution in [0.1, 0.15) is 71.4 Å². The average Bonchev–Trinajstić information content (AvgIpc) is 3.59. The molecule has 3 aromatic heterocycles. The number of anilines is 1. The van der Waals surface area contributed by atoms with E-state index >= 15 is 0 Å². The van der Waals surface area contributed by atoms with Crippen molar-refractivity contribution < 1.29 is 43.1 Å². The number of halogens is 1. The summed E-state index contributed by atoms with van der Waals surface area (Å²) in [5.74, 6) is -1.31. The number of hydrogen-bond donors (Lipinski definition) is 2. The van der Waals surface area contributed by atoms with Gasteiger partial charge < -0.3 is 34.0 Å². The minimum atomic E-state index is -0.952. The molecule has 10 rings (SSSR count). The molecule has 16 nitrogen and oxygen atoms in total. The van der Waals surface area contributed by atoms with Gasteiger partial charge in [0, 0.05) is 78.1 Å². The lowest BCUT2D eigenvalue weighted by molar-refractivity contribution is -0.576. The lowest BCUT2D eigenvalue weighted by Gasteiger charge is -2.59. The van der Waals surface area contributed by atoms with E-state index in [-0.39, 0.29) is 53.5 Å². The van der Waals surface area contributed by atoms with Crippen molar-refractivity contribution in [2.45, 2.75) is 96.1 Å². The van der Waals surface area contributed by atoms with Crippen molar-refractivity contribution in [1.82, 2.24) is 24.9 Å². The molecule has 5 fully saturated rings. The number of phenolic OH excluding ortho intramolecular Hbond substituents is 1. The molecule has 2 aromatic carbocycles. The largest absolute Gasteiger partial charge is 0.508 e. The average molecular weight is 857 g/mol. The highest BCUT2D eigenvalue weighted by molar-refractivity contribution is 6.31. The highest BCUT2D eigenvalue weighted by Gasteiger charge is 2.69. The van der Waals surface area contributed by atoms with Gasteiger partial charge in [0.05, 0.1) is 23.8 Å². The van der Waals surface area contributed by atoms with E-state index in [0.29, 0.717) is 60.9 Å². The highest BCUT2D eigenvalue weighted by atomic mass is 35.5. The molecule has 5 aromatic rings. The first-order chi connectivity index (χ1) is 29.4. The first kappa shape index (κ1) is 41.2. The summed E-state index contributed by atoms with van der Waals surface area (Å²) in [6, 6.07) is 13.5. The predicted octanol–water partition coefficient (Wildman–Crippen LogP) is 6.69. The molecule has 2 bridgehead atoms. The number of rotatable bonds is 13. The van der Waals surface area contributed by atoms with Gasteiger partial charge in [-0.1, -0.05) is 30.7 Å². The first-order valence-corrected chi connectivity index (χ1v) is 21.4. The third kappa shape index (κ3) is 8.07. The van der Waals surface area contributed by atoms with Crippen LogP contribution in [0.3, 0.4) is 0 Å². The normalized spacial score (nSPS) is 28.0. The maximum absolute atomic E-state index is 13.9. The summed E-state index contributed by atoms with van der Waals surface area (Å²) in [6.07, 6.45) is 5.98. The maximum atomic E-state index is 13.9. The van der Waals surface area contributed by atoms with Crippen LogP contribution in [0.4, 0.5) is 5.69 Å². The number of esters is 1. The number of phenols is 1. The number of hydrogen-bond acceptors (Lipinski definition) is 14. The number of amides is 1. The van der Waals surface area contributed by atoms with Crippen LogP contribution in [0, 0.1) is 23.7 Å². The topological polar surface area (TPSA) is 190 Å². The number of carbonyl (C=O) groups is 2. The molecule has 8 atom stereocenters. The molecule has 5 aliphatic rings. The second kappa shape index (κ2) is 16.6. The van der Waals surface area contributed by atoms with Crippen molar-refractivity contribution in [3.05, 3.63) is 82.1 Å². The second-order valence-corrected chi connectivity index (χ2v) is 17.4. The van der Waals surface area contributed by atoms with Gasteiger partial charge in [-0.15, -0.1) is 5.10 Å². The molecule has 61 heavy (non-hydrogen) atoms. The van der Waals surface area contributed by atoms with Crippen LogP contribution >= 0.6 is 11.6 Å². The zero-order valence-electron chi connectivity index (χ0n) is 34.3. The molecule has 322 valence electrons. The van der Waals surface area contributed by atoms with E-state index in [9.17, 15) is 19.5 Å². The van der Waals surface area contributed by atoms with E-state index in [2.05, 4.69) is 27.5 Å². The fraction of sp³-hybridized carbons (Fsp3) is 0.500. The second-order valence-electron chi connectivity index (χ2n) is 17.0. The van der Waals surface area contributed by atoms with Crippen LogP contribution < -0.4 is 10.9 Å². The van der Waals surface area contributed by atoms with Crippen LogP contribution in [0.5, 0.6) is 5.75 Å². The van der Waals surface area contributed by atoms with Gasteiger partial charge in [-0.2, -0.15) is 0 Å². The molecule has 1 saturated carbocycles. The number of benzene rings is 2. The van der Waals surface area contributed by atoms with Gasteiger partial charge >= 0.3 is 11.6 Å². The van der Waals surface area contributed by atoms with Crippen molar-refractivity contribution in [3.8, 4) is 11.4 Å². The minimum Gasteiger partial charge on any atom is -0.508 e. The molecule has 2 N–H and O–H groups in total. The van der Waals surface area contributed by atoms with Crippen molar-refractivity contribution in [1.29, 1.82) is 0 Å². The summed E-state index contributed by atoms with van der Waals surface area (Å²) in [7, 11) is 0. The Labute approximate surface area is 356 Å². The Morgan fingerprint density at radius 2 is 1.92 bits per heavy atom. The van der Waals surface area contributed by atoms with Gasteiger partial charge in [-0.25, -0.2) is 19.3 Å². The molecule has 1 aliphatic carbocycles. The molecule has 1 amide bonds. The van der Waals surface area contributed by atoms with Crippen molar-refractivity contribution in [3.63, 3.8) is 0 Å². The number of aromatic hydroxyl groups is 1. The van der Waals surface area contributed by atoms with Crippen LogP contribution in [0.15, 0.2) is 70.1 Å². The van der Waals surface area contributed by atoms with E-state index in [1.807, 2.05) is 26.0 Å². The quantitative estimate of drug-likeness (QED) is 0.0724. The standard InChI is InChI=1S/C44H49ClN6O10/c1-25-6-11-33-26(2)41(58-42-44(33)32(25)14-16-43(3,59-42)60-61-44)57-39(54)13-12-38(53)50(20-18-47-34-15-17-46-35-22-28(45)8-10-31(34)35)19-4-5-29-24-51(49-48-29)36-21-27-7-9-30(52)23-37(27)56-40(36)55/h7-10,15,17,21-26,32-33,41-42,52H,4-6,11-14,16,18-20H2,1-3H3,(H,46,47)/t25-,26-,32+,33+,41-,42-,43?,44-/m1/s1. The molecular formula is C44H49ClN6O10. The summed E-state index contributed by atoms with van der Waals surface area (Å²) >= 11 is 6.20. The number of nitrogens with zero attached hydrogens (tertiary/aromatic N) is 5.